The van der Waals surface area contributed by atoms with E-state index < -0.39 is 5.97 Å². The first kappa shape index (κ1) is 13.2. The van der Waals surface area contributed by atoms with Gasteiger partial charge in [0, 0.05) is 6.54 Å². The van der Waals surface area contributed by atoms with Gasteiger partial charge in [0.05, 0.1) is 5.69 Å². The minimum atomic E-state index is -0.590. The Balaban J connectivity index is 2.48. The van der Waals surface area contributed by atoms with Gasteiger partial charge in [-0.3, -0.25) is 4.79 Å². The van der Waals surface area contributed by atoms with Crippen molar-refractivity contribution in [3.63, 3.8) is 0 Å². The monoisotopic (exact) mass is 240 g/mol. The standard InChI is InChI=1S/C11H16N2O4/c1-4-5-12-9(14)6-16-11(15)10-7(2)13-17-8(10)3/h4-6H2,1-3H3,(H,12,14). The zero-order valence-corrected chi connectivity index (χ0v) is 10.2. The lowest BCUT2D eigenvalue weighted by Crippen LogP contribution is -2.29. The molecule has 6 heteroatoms. The van der Waals surface area contributed by atoms with Gasteiger partial charge in [0.1, 0.15) is 11.3 Å². The molecule has 1 amide bonds. The van der Waals surface area contributed by atoms with E-state index in [-0.39, 0.29) is 18.1 Å². The van der Waals surface area contributed by atoms with E-state index in [1.807, 2.05) is 6.92 Å². The van der Waals surface area contributed by atoms with E-state index in [1.165, 1.54) is 0 Å². The summed E-state index contributed by atoms with van der Waals surface area (Å²) in [5.74, 6) is -0.513. The Hall–Kier alpha value is -1.85. The topological polar surface area (TPSA) is 81.4 Å². The molecule has 0 saturated carbocycles. The van der Waals surface area contributed by atoms with E-state index in [4.69, 9.17) is 9.26 Å². The van der Waals surface area contributed by atoms with Gasteiger partial charge in [-0.15, -0.1) is 0 Å². The normalized spacial score (nSPS) is 10.1. The molecule has 0 spiro atoms. The second kappa shape index (κ2) is 6.03. The fourth-order valence-corrected chi connectivity index (χ4v) is 1.29. The summed E-state index contributed by atoms with van der Waals surface area (Å²) in [6, 6.07) is 0. The van der Waals surface area contributed by atoms with Gasteiger partial charge in [0.15, 0.2) is 6.61 Å². The number of nitrogens with zero attached hydrogens (tertiary/aromatic N) is 1. The molecule has 0 aliphatic rings. The van der Waals surface area contributed by atoms with Crippen molar-refractivity contribution in [2.45, 2.75) is 27.2 Å². The van der Waals surface area contributed by atoms with Crippen LogP contribution in [0.4, 0.5) is 0 Å². The Morgan fingerprint density at radius 2 is 2.12 bits per heavy atom. The van der Waals surface area contributed by atoms with Crippen molar-refractivity contribution < 1.29 is 18.8 Å². The van der Waals surface area contributed by atoms with Gasteiger partial charge in [-0.05, 0) is 20.3 Å². The number of hydrogen-bond donors (Lipinski definition) is 1. The Morgan fingerprint density at radius 1 is 1.41 bits per heavy atom. The predicted molar refractivity (Wildman–Crippen MR) is 59.6 cm³/mol. The summed E-state index contributed by atoms with van der Waals surface area (Å²) in [4.78, 5) is 22.8. The lowest BCUT2D eigenvalue weighted by molar-refractivity contribution is -0.124. The molecule has 1 heterocycles. The summed E-state index contributed by atoms with van der Waals surface area (Å²) in [6.07, 6.45) is 0.837. The highest BCUT2D eigenvalue weighted by molar-refractivity contribution is 5.93. The molecule has 0 bridgehead atoms. The Labute approximate surface area is 99.3 Å². The van der Waals surface area contributed by atoms with Crippen LogP contribution in [-0.4, -0.2) is 30.2 Å². The van der Waals surface area contributed by atoms with Gasteiger partial charge < -0.3 is 14.6 Å². The lowest BCUT2D eigenvalue weighted by Gasteiger charge is -2.04. The molecular formula is C11H16N2O4. The van der Waals surface area contributed by atoms with Gasteiger partial charge in [-0.25, -0.2) is 4.79 Å². The van der Waals surface area contributed by atoms with Crippen LogP contribution in [0.15, 0.2) is 4.52 Å². The predicted octanol–water partition coefficient (Wildman–Crippen LogP) is 0.974. The second-order valence-corrected chi connectivity index (χ2v) is 3.63. The number of amides is 1. The third-order valence-corrected chi connectivity index (χ3v) is 2.14. The molecule has 0 unspecified atom stereocenters. The molecule has 0 aliphatic carbocycles. The first-order valence-electron chi connectivity index (χ1n) is 5.43. The first-order valence-corrected chi connectivity index (χ1v) is 5.43. The first-order chi connectivity index (χ1) is 8.06. The van der Waals surface area contributed by atoms with Crippen molar-refractivity contribution >= 4 is 11.9 Å². The van der Waals surface area contributed by atoms with Crippen LogP contribution in [0, 0.1) is 13.8 Å². The zero-order chi connectivity index (χ0) is 12.8. The number of carbonyl (C=O) groups excluding carboxylic acids is 2. The van der Waals surface area contributed by atoms with Gasteiger partial charge in [0.2, 0.25) is 0 Å². The smallest absolute Gasteiger partial charge is 0.344 e. The number of aromatic nitrogens is 1. The number of esters is 1. The number of carbonyl (C=O) groups is 2. The van der Waals surface area contributed by atoms with E-state index in [2.05, 4.69) is 10.5 Å². The molecule has 1 aromatic heterocycles. The minimum absolute atomic E-state index is 0.285. The molecule has 17 heavy (non-hydrogen) atoms. The van der Waals surface area contributed by atoms with Crippen molar-refractivity contribution in [2.75, 3.05) is 13.2 Å². The SMILES string of the molecule is CCCNC(=O)COC(=O)c1c(C)noc1C. The molecular weight excluding hydrogens is 224 g/mol. The number of nitrogens with one attached hydrogen (secondary N) is 1. The number of aryl methyl sites for hydroxylation is 2. The van der Waals surface area contributed by atoms with Gasteiger partial charge in [-0.1, -0.05) is 12.1 Å². The van der Waals surface area contributed by atoms with Crippen LogP contribution in [0.2, 0.25) is 0 Å². The average molecular weight is 240 g/mol. The summed E-state index contributed by atoms with van der Waals surface area (Å²) in [7, 11) is 0. The summed E-state index contributed by atoms with van der Waals surface area (Å²) < 4.78 is 9.69. The fraction of sp³-hybridized carbons (Fsp3) is 0.545. The molecule has 1 N–H and O–H groups in total. The van der Waals surface area contributed by atoms with Gasteiger partial charge >= 0.3 is 5.97 Å². The van der Waals surface area contributed by atoms with Crippen LogP contribution in [0.1, 0.15) is 35.2 Å². The Morgan fingerprint density at radius 3 is 2.65 bits per heavy atom. The van der Waals surface area contributed by atoms with Crippen LogP contribution in [-0.2, 0) is 9.53 Å². The van der Waals surface area contributed by atoms with Crippen molar-refractivity contribution in [3.05, 3.63) is 17.0 Å². The van der Waals surface area contributed by atoms with Crippen molar-refractivity contribution in [1.29, 1.82) is 0 Å². The number of ether oxygens (including phenoxy) is 1. The quantitative estimate of drug-likeness (QED) is 0.776. The average Bonchev–Trinajstić information content (AvgIpc) is 2.63. The molecule has 1 aromatic rings. The highest BCUT2D eigenvalue weighted by Gasteiger charge is 2.19. The minimum Gasteiger partial charge on any atom is -0.452 e. The third kappa shape index (κ3) is 3.58. The van der Waals surface area contributed by atoms with E-state index in [9.17, 15) is 9.59 Å². The largest absolute Gasteiger partial charge is 0.452 e. The van der Waals surface area contributed by atoms with Crippen LogP contribution < -0.4 is 5.32 Å². The van der Waals surface area contributed by atoms with Crippen molar-refractivity contribution in [3.8, 4) is 0 Å². The zero-order valence-electron chi connectivity index (χ0n) is 10.2. The summed E-state index contributed by atoms with van der Waals surface area (Å²) in [6.45, 7) is 5.48. The molecule has 0 atom stereocenters. The lowest BCUT2D eigenvalue weighted by atomic mass is 10.2. The molecule has 0 aromatic carbocycles. The molecule has 0 aliphatic heterocycles. The molecule has 0 saturated heterocycles. The van der Waals surface area contributed by atoms with Gasteiger partial charge in [-0.2, -0.15) is 0 Å². The Bertz CT molecular complexity index is 392. The maximum Gasteiger partial charge on any atom is 0.344 e. The molecule has 94 valence electrons. The van der Waals surface area contributed by atoms with Crippen LogP contribution in [0.5, 0.6) is 0 Å². The van der Waals surface area contributed by atoms with E-state index in [0.717, 1.165) is 6.42 Å². The third-order valence-electron chi connectivity index (χ3n) is 2.14. The van der Waals surface area contributed by atoms with Crippen molar-refractivity contribution in [1.82, 2.24) is 10.5 Å². The summed E-state index contributed by atoms with van der Waals surface area (Å²) in [5.41, 5.74) is 0.745. The Kier molecular flexibility index (Phi) is 4.68. The highest BCUT2D eigenvalue weighted by atomic mass is 16.5. The van der Waals surface area contributed by atoms with Crippen LogP contribution in [0.25, 0.3) is 0 Å². The summed E-state index contributed by atoms with van der Waals surface area (Å²) in [5, 5.41) is 6.24. The number of hydrogen-bond acceptors (Lipinski definition) is 5. The number of rotatable bonds is 5. The highest BCUT2D eigenvalue weighted by Crippen LogP contribution is 2.13. The molecule has 0 radical (unpaired) electrons. The maximum absolute atomic E-state index is 11.6. The molecule has 0 fully saturated rings. The van der Waals surface area contributed by atoms with E-state index >= 15 is 0 Å². The molecule has 1 rings (SSSR count). The fourth-order valence-electron chi connectivity index (χ4n) is 1.29. The van der Waals surface area contributed by atoms with E-state index in [1.54, 1.807) is 13.8 Å². The van der Waals surface area contributed by atoms with Gasteiger partial charge in [0.25, 0.3) is 5.91 Å². The maximum atomic E-state index is 11.6. The molecule has 6 nitrogen and oxygen atoms in total. The van der Waals surface area contributed by atoms with Crippen molar-refractivity contribution in [2.24, 2.45) is 0 Å². The van der Waals surface area contributed by atoms with Crippen LogP contribution >= 0.6 is 0 Å². The van der Waals surface area contributed by atoms with Crippen LogP contribution in [0.3, 0.4) is 0 Å². The second-order valence-electron chi connectivity index (χ2n) is 3.63. The summed E-state index contributed by atoms with van der Waals surface area (Å²) >= 11 is 0. The van der Waals surface area contributed by atoms with E-state index in [0.29, 0.717) is 18.0 Å².